The molecule has 0 bridgehead atoms. The third-order valence-electron chi connectivity index (χ3n) is 3.98. The normalized spacial score (nSPS) is 18.2. The second-order valence-electron chi connectivity index (χ2n) is 5.50. The van der Waals surface area contributed by atoms with Crippen molar-refractivity contribution in [2.24, 2.45) is 16.6 Å². The topological polar surface area (TPSA) is 50.9 Å². The van der Waals surface area contributed by atoms with E-state index in [1.807, 2.05) is 18.2 Å². The van der Waals surface area contributed by atoms with E-state index in [4.69, 9.17) is 10.5 Å². The van der Waals surface area contributed by atoms with Crippen molar-refractivity contribution in [3.63, 3.8) is 0 Å². The minimum Gasteiger partial charge on any atom is -0.375 e. The smallest absolute Gasteiger partial charge is 0.191 e. The summed E-state index contributed by atoms with van der Waals surface area (Å²) >= 11 is 0. The summed E-state index contributed by atoms with van der Waals surface area (Å²) in [6.07, 6.45) is 2.36. The van der Waals surface area contributed by atoms with Crippen molar-refractivity contribution in [2.45, 2.75) is 25.9 Å². The molecule has 2 N–H and O–H groups in total. The molecule has 0 aliphatic carbocycles. The van der Waals surface area contributed by atoms with Gasteiger partial charge in [-0.25, -0.2) is 0 Å². The predicted octanol–water partition coefficient (Wildman–Crippen LogP) is 3.04. The number of ether oxygens (including phenoxy) is 1. The number of aliphatic imine (C=N–C) groups is 1. The summed E-state index contributed by atoms with van der Waals surface area (Å²) in [5, 5.41) is 0. The van der Waals surface area contributed by atoms with Gasteiger partial charge in [0, 0.05) is 20.2 Å². The lowest BCUT2D eigenvalue weighted by Gasteiger charge is -2.31. The van der Waals surface area contributed by atoms with Crippen LogP contribution < -0.4 is 5.73 Å². The van der Waals surface area contributed by atoms with E-state index in [1.165, 1.54) is 12.8 Å². The van der Waals surface area contributed by atoms with Crippen LogP contribution in [0.4, 0.5) is 0 Å². The van der Waals surface area contributed by atoms with Gasteiger partial charge in [-0.3, -0.25) is 4.99 Å². The van der Waals surface area contributed by atoms with Crippen LogP contribution in [0.25, 0.3) is 0 Å². The van der Waals surface area contributed by atoms with Crippen molar-refractivity contribution >= 4 is 29.9 Å². The van der Waals surface area contributed by atoms with E-state index in [-0.39, 0.29) is 30.1 Å². The zero-order valence-electron chi connectivity index (χ0n) is 12.9. The van der Waals surface area contributed by atoms with Gasteiger partial charge >= 0.3 is 0 Å². The first-order valence-electron chi connectivity index (χ1n) is 7.33. The van der Waals surface area contributed by atoms with E-state index in [2.05, 4.69) is 28.9 Å². The molecule has 1 aliphatic rings. The molecule has 1 heterocycles. The van der Waals surface area contributed by atoms with Gasteiger partial charge in [0.05, 0.1) is 6.54 Å². The zero-order chi connectivity index (χ0) is 14.4. The highest BCUT2D eigenvalue weighted by atomic mass is 127. The number of nitrogens with two attached hydrogens (primary N) is 1. The lowest BCUT2D eigenvalue weighted by Crippen LogP contribution is -2.42. The molecule has 4 nitrogen and oxygen atoms in total. The highest BCUT2D eigenvalue weighted by Crippen LogP contribution is 2.18. The Morgan fingerprint density at radius 1 is 1.33 bits per heavy atom. The van der Waals surface area contributed by atoms with E-state index in [1.54, 1.807) is 7.11 Å². The molecule has 1 fully saturated rings. The zero-order valence-corrected chi connectivity index (χ0v) is 15.2. The lowest BCUT2D eigenvalue weighted by molar-refractivity contribution is 0.110. The molecule has 1 unspecified atom stereocenters. The van der Waals surface area contributed by atoms with Gasteiger partial charge in [0.15, 0.2) is 5.96 Å². The van der Waals surface area contributed by atoms with Crippen molar-refractivity contribution in [3.8, 4) is 0 Å². The van der Waals surface area contributed by atoms with Crippen LogP contribution in [0, 0.1) is 5.92 Å². The summed E-state index contributed by atoms with van der Waals surface area (Å²) in [7, 11) is 1.71. The molecule has 2 rings (SSSR count). The fraction of sp³-hybridized carbons (Fsp3) is 0.562. The molecule has 1 aromatic carbocycles. The van der Waals surface area contributed by atoms with Crippen LogP contribution in [0.5, 0.6) is 0 Å². The van der Waals surface area contributed by atoms with E-state index in [0.717, 1.165) is 24.6 Å². The Hall–Kier alpha value is -0.820. The molecule has 0 spiro atoms. The Kier molecular flexibility index (Phi) is 8.03. The van der Waals surface area contributed by atoms with Crippen molar-refractivity contribution in [2.75, 3.05) is 26.7 Å². The largest absolute Gasteiger partial charge is 0.375 e. The molecule has 0 aromatic heterocycles. The van der Waals surface area contributed by atoms with Gasteiger partial charge in [-0.15, -0.1) is 24.0 Å². The first-order chi connectivity index (χ1) is 9.70. The third-order valence-corrected chi connectivity index (χ3v) is 3.98. The number of benzene rings is 1. The van der Waals surface area contributed by atoms with Crippen LogP contribution >= 0.6 is 24.0 Å². The molecule has 0 radical (unpaired) electrons. The minimum absolute atomic E-state index is 0. The summed E-state index contributed by atoms with van der Waals surface area (Å²) in [6, 6.07) is 10.1. The van der Waals surface area contributed by atoms with Crippen LogP contribution in [0.15, 0.2) is 35.3 Å². The average Bonchev–Trinajstić information content (AvgIpc) is 2.49. The number of halogens is 1. The highest BCUT2D eigenvalue weighted by Gasteiger charge is 2.17. The molecule has 1 aromatic rings. The molecule has 1 saturated heterocycles. The second-order valence-corrected chi connectivity index (χ2v) is 5.50. The van der Waals surface area contributed by atoms with Crippen LogP contribution in [0.3, 0.4) is 0 Å². The molecule has 0 saturated carbocycles. The molecular formula is C16H26IN3O. The predicted molar refractivity (Wildman–Crippen MR) is 98.1 cm³/mol. The summed E-state index contributed by atoms with van der Waals surface area (Å²) in [5.74, 6) is 1.45. The van der Waals surface area contributed by atoms with Crippen LogP contribution in [0.2, 0.25) is 0 Å². The lowest BCUT2D eigenvalue weighted by atomic mass is 10.00. The fourth-order valence-electron chi connectivity index (χ4n) is 2.50. The Morgan fingerprint density at radius 3 is 2.52 bits per heavy atom. The Bertz CT molecular complexity index is 430. The van der Waals surface area contributed by atoms with Gasteiger partial charge in [0.2, 0.25) is 0 Å². The molecule has 21 heavy (non-hydrogen) atoms. The van der Waals surface area contributed by atoms with E-state index >= 15 is 0 Å². The van der Waals surface area contributed by atoms with E-state index in [9.17, 15) is 0 Å². The maximum absolute atomic E-state index is 6.10. The van der Waals surface area contributed by atoms with E-state index < -0.39 is 0 Å². The maximum atomic E-state index is 6.10. The third kappa shape index (κ3) is 5.47. The van der Waals surface area contributed by atoms with Gasteiger partial charge in [-0.1, -0.05) is 37.3 Å². The van der Waals surface area contributed by atoms with Gasteiger partial charge in [0.25, 0.3) is 0 Å². The number of hydrogen-bond acceptors (Lipinski definition) is 2. The first kappa shape index (κ1) is 18.2. The molecule has 1 atom stereocenters. The van der Waals surface area contributed by atoms with Crippen molar-refractivity contribution < 1.29 is 4.74 Å². The first-order valence-corrected chi connectivity index (χ1v) is 7.33. The van der Waals surface area contributed by atoms with Gasteiger partial charge in [0.1, 0.15) is 6.10 Å². The minimum atomic E-state index is -0.0292. The number of likely N-dealkylation sites (tertiary alicyclic amines) is 1. The summed E-state index contributed by atoms with van der Waals surface area (Å²) in [4.78, 5) is 6.69. The monoisotopic (exact) mass is 403 g/mol. The summed E-state index contributed by atoms with van der Waals surface area (Å²) in [6.45, 7) is 4.89. The molecule has 5 heteroatoms. The maximum Gasteiger partial charge on any atom is 0.191 e. The molecule has 0 amide bonds. The molecule has 1 aliphatic heterocycles. The number of methoxy groups -OCH3 is 1. The Morgan fingerprint density at radius 2 is 1.95 bits per heavy atom. The molecule has 118 valence electrons. The molecular weight excluding hydrogens is 377 g/mol. The van der Waals surface area contributed by atoms with Crippen LogP contribution in [-0.2, 0) is 4.74 Å². The van der Waals surface area contributed by atoms with Gasteiger partial charge < -0.3 is 15.4 Å². The second kappa shape index (κ2) is 9.25. The van der Waals surface area contributed by atoms with Crippen LogP contribution in [-0.4, -0.2) is 37.6 Å². The van der Waals surface area contributed by atoms with Gasteiger partial charge in [-0.2, -0.15) is 0 Å². The van der Waals surface area contributed by atoms with E-state index in [0.29, 0.717) is 12.5 Å². The number of nitrogens with zero attached hydrogens (tertiary/aromatic N) is 2. The number of rotatable bonds is 4. The highest BCUT2D eigenvalue weighted by molar-refractivity contribution is 14.0. The van der Waals surface area contributed by atoms with Gasteiger partial charge in [-0.05, 0) is 24.3 Å². The summed E-state index contributed by atoms with van der Waals surface area (Å²) < 4.78 is 5.51. The number of piperidine rings is 1. The SMILES string of the molecule is COC(CN=C(N)N1CCC(C)CC1)c1ccccc1.I. The quantitative estimate of drug-likeness (QED) is 0.478. The van der Waals surface area contributed by atoms with Crippen molar-refractivity contribution in [1.82, 2.24) is 4.90 Å². The Labute approximate surface area is 144 Å². The summed E-state index contributed by atoms with van der Waals surface area (Å²) in [5.41, 5.74) is 7.23. The average molecular weight is 403 g/mol. The van der Waals surface area contributed by atoms with Crippen LogP contribution in [0.1, 0.15) is 31.4 Å². The number of hydrogen-bond donors (Lipinski definition) is 1. The number of guanidine groups is 1. The van der Waals surface area contributed by atoms with Crippen molar-refractivity contribution in [3.05, 3.63) is 35.9 Å². The van der Waals surface area contributed by atoms with Crippen molar-refractivity contribution in [1.29, 1.82) is 0 Å². The Balaban J connectivity index is 0.00000220. The fourth-order valence-corrected chi connectivity index (χ4v) is 2.50. The standard InChI is InChI=1S/C16H25N3O.HI/c1-13-8-10-19(11-9-13)16(17)18-12-15(20-2)14-6-4-3-5-7-14;/h3-7,13,15H,8-12H2,1-2H3,(H2,17,18);1H.